The van der Waals surface area contributed by atoms with Crippen LogP contribution in [0.25, 0.3) is 10.9 Å². The van der Waals surface area contributed by atoms with Crippen molar-refractivity contribution in [1.82, 2.24) is 15.6 Å². The molecule has 3 N–H and O–H groups in total. The molecule has 0 saturated carbocycles. The molecular weight excluding hydrogens is 226 g/mol. The van der Waals surface area contributed by atoms with Crippen LogP contribution in [0.3, 0.4) is 0 Å². The minimum atomic E-state index is 0.176. The predicted molar refractivity (Wildman–Crippen MR) is 71.2 cm³/mol. The summed E-state index contributed by atoms with van der Waals surface area (Å²) in [5.41, 5.74) is 2.44. The number of carbonyl (C=O) groups is 1. The van der Waals surface area contributed by atoms with Crippen molar-refractivity contribution in [3.63, 3.8) is 0 Å². The Morgan fingerprint density at radius 3 is 3.11 bits per heavy atom. The van der Waals surface area contributed by atoms with Gasteiger partial charge in [-0.2, -0.15) is 0 Å². The number of carbonyl (C=O) groups excluding carboxylic acids is 1. The summed E-state index contributed by atoms with van der Waals surface area (Å²) in [5.74, 6) is 0.176. The molecule has 1 unspecified atom stereocenters. The number of fused-ring (bicyclic) bond motifs is 1. The molecule has 0 bridgehead atoms. The monoisotopic (exact) mass is 243 g/mol. The zero-order valence-electron chi connectivity index (χ0n) is 10.2. The van der Waals surface area contributed by atoms with Crippen molar-refractivity contribution < 1.29 is 4.79 Å². The lowest BCUT2D eigenvalue weighted by Gasteiger charge is -2.11. The van der Waals surface area contributed by atoms with Gasteiger partial charge in [0, 0.05) is 37.3 Å². The maximum absolute atomic E-state index is 11.1. The molecule has 2 aromatic rings. The number of rotatable bonds is 4. The minimum Gasteiger partial charge on any atom is -0.361 e. The second-order valence-electron chi connectivity index (χ2n) is 4.83. The molecule has 0 spiro atoms. The molecule has 1 saturated heterocycles. The smallest absolute Gasteiger partial charge is 0.220 e. The van der Waals surface area contributed by atoms with E-state index in [-0.39, 0.29) is 5.91 Å². The highest BCUT2D eigenvalue weighted by Crippen LogP contribution is 2.14. The molecule has 1 aliphatic rings. The summed E-state index contributed by atoms with van der Waals surface area (Å²) in [4.78, 5) is 14.2. The summed E-state index contributed by atoms with van der Waals surface area (Å²) < 4.78 is 0. The molecule has 1 atom stereocenters. The second kappa shape index (κ2) is 4.82. The van der Waals surface area contributed by atoms with Crippen LogP contribution in [0.15, 0.2) is 30.5 Å². The van der Waals surface area contributed by atoms with Crippen LogP contribution >= 0.6 is 0 Å². The maximum atomic E-state index is 11.1. The number of hydrogen-bond donors (Lipinski definition) is 3. The van der Waals surface area contributed by atoms with E-state index in [4.69, 9.17) is 0 Å². The number of aromatic amines is 1. The van der Waals surface area contributed by atoms with E-state index < -0.39 is 0 Å². The van der Waals surface area contributed by atoms with E-state index in [0.29, 0.717) is 12.5 Å². The summed E-state index contributed by atoms with van der Waals surface area (Å²) in [6.07, 6.45) is 3.57. The first-order valence-corrected chi connectivity index (χ1v) is 6.37. The topological polar surface area (TPSA) is 56.9 Å². The normalized spacial score (nSPS) is 19.3. The van der Waals surface area contributed by atoms with Crippen LogP contribution in [0.1, 0.15) is 18.4 Å². The van der Waals surface area contributed by atoms with Gasteiger partial charge < -0.3 is 15.6 Å². The van der Waals surface area contributed by atoms with Gasteiger partial charge in [-0.25, -0.2) is 0 Å². The van der Waals surface area contributed by atoms with Gasteiger partial charge >= 0.3 is 0 Å². The SMILES string of the molecule is O=C1CCC(CNCc2ccc3[nH]ccc3c2)N1. The van der Waals surface area contributed by atoms with Crippen molar-refractivity contribution >= 4 is 16.8 Å². The van der Waals surface area contributed by atoms with Gasteiger partial charge in [0.1, 0.15) is 0 Å². The van der Waals surface area contributed by atoms with Crippen molar-refractivity contribution in [3.05, 3.63) is 36.0 Å². The van der Waals surface area contributed by atoms with Crippen LogP contribution in [0.4, 0.5) is 0 Å². The van der Waals surface area contributed by atoms with Gasteiger partial charge in [-0.3, -0.25) is 4.79 Å². The highest BCUT2D eigenvalue weighted by molar-refractivity contribution is 5.80. The van der Waals surface area contributed by atoms with E-state index in [1.807, 2.05) is 6.20 Å². The molecular formula is C14H17N3O. The number of benzene rings is 1. The van der Waals surface area contributed by atoms with Gasteiger partial charge in [0.25, 0.3) is 0 Å². The van der Waals surface area contributed by atoms with E-state index in [1.165, 1.54) is 16.5 Å². The van der Waals surface area contributed by atoms with E-state index in [2.05, 4.69) is 39.9 Å². The molecule has 0 aliphatic carbocycles. The molecule has 2 heterocycles. The average Bonchev–Trinajstić information content (AvgIpc) is 2.97. The van der Waals surface area contributed by atoms with Crippen LogP contribution < -0.4 is 10.6 Å². The quantitative estimate of drug-likeness (QED) is 0.763. The molecule has 1 aliphatic heterocycles. The molecule has 3 rings (SSSR count). The average molecular weight is 243 g/mol. The van der Waals surface area contributed by atoms with Gasteiger partial charge in [-0.1, -0.05) is 6.07 Å². The molecule has 1 amide bonds. The van der Waals surface area contributed by atoms with E-state index in [0.717, 1.165) is 19.5 Å². The van der Waals surface area contributed by atoms with Crippen LogP contribution in [-0.2, 0) is 11.3 Å². The van der Waals surface area contributed by atoms with Gasteiger partial charge in [-0.15, -0.1) is 0 Å². The van der Waals surface area contributed by atoms with E-state index in [1.54, 1.807) is 0 Å². The van der Waals surface area contributed by atoms with Gasteiger partial charge in [0.15, 0.2) is 0 Å². The third kappa shape index (κ3) is 2.38. The largest absolute Gasteiger partial charge is 0.361 e. The highest BCUT2D eigenvalue weighted by atomic mass is 16.1. The molecule has 1 aromatic heterocycles. The Hall–Kier alpha value is -1.81. The lowest BCUT2D eigenvalue weighted by molar-refractivity contribution is -0.119. The molecule has 1 aromatic carbocycles. The van der Waals surface area contributed by atoms with Crippen molar-refractivity contribution in [3.8, 4) is 0 Å². The molecule has 4 nitrogen and oxygen atoms in total. The lowest BCUT2D eigenvalue weighted by atomic mass is 10.1. The first kappa shape index (κ1) is 11.3. The van der Waals surface area contributed by atoms with E-state index >= 15 is 0 Å². The van der Waals surface area contributed by atoms with Crippen molar-refractivity contribution in [2.45, 2.75) is 25.4 Å². The van der Waals surface area contributed by atoms with Gasteiger partial charge in [-0.05, 0) is 35.6 Å². The number of nitrogens with one attached hydrogen (secondary N) is 3. The number of hydrogen-bond acceptors (Lipinski definition) is 2. The van der Waals surface area contributed by atoms with Crippen molar-refractivity contribution in [2.75, 3.05) is 6.54 Å². The Morgan fingerprint density at radius 1 is 1.33 bits per heavy atom. The Kier molecular flexibility index (Phi) is 3.02. The van der Waals surface area contributed by atoms with Gasteiger partial charge in [0.2, 0.25) is 5.91 Å². The molecule has 18 heavy (non-hydrogen) atoms. The first-order chi connectivity index (χ1) is 8.81. The van der Waals surface area contributed by atoms with E-state index in [9.17, 15) is 4.79 Å². The van der Waals surface area contributed by atoms with Crippen molar-refractivity contribution in [2.24, 2.45) is 0 Å². The zero-order valence-corrected chi connectivity index (χ0v) is 10.2. The minimum absolute atomic E-state index is 0.176. The summed E-state index contributed by atoms with van der Waals surface area (Å²) in [7, 11) is 0. The first-order valence-electron chi connectivity index (χ1n) is 6.37. The third-order valence-corrected chi connectivity index (χ3v) is 3.42. The van der Waals surface area contributed by atoms with Crippen LogP contribution in [0.2, 0.25) is 0 Å². The number of aromatic nitrogens is 1. The second-order valence-corrected chi connectivity index (χ2v) is 4.83. The number of H-pyrrole nitrogens is 1. The predicted octanol–water partition coefficient (Wildman–Crippen LogP) is 1.54. The Bertz CT molecular complexity index is 561. The third-order valence-electron chi connectivity index (χ3n) is 3.42. The summed E-state index contributed by atoms with van der Waals surface area (Å²) in [6, 6.07) is 8.79. The number of amides is 1. The standard InChI is InChI=1S/C14H17N3O/c18-14-4-2-12(17-14)9-15-8-10-1-3-13-11(7-10)5-6-16-13/h1,3,5-7,12,15-16H,2,4,8-9H2,(H,17,18). The Balaban J connectivity index is 1.54. The van der Waals surface area contributed by atoms with Crippen molar-refractivity contribution in [1.29, 1.82) is 0 Å². The summed E-state index contributed by atoms with van der Waals surface area (Å²) in [5, 5.41) is 7.59. The molecule has 0 radical (unpaired) electrons. The molecule has 1 fully saturated rings. The van der Waals surface area contributed by atoms with Crippen LogP contribution in [0, 0.1) is 0 Å². The van der Waals surface area contributed by atoms with Crippen LogP contribution in [-0.4, -0.2) is 23.5 Å². The van der Waals surface area contributed by atoms with Crippen LogP contribution in [0.5, 0.6) is 0 Å². The molecule has 94 valence electrons. The fraction of sp³-hybridized carbons (Fsp3) is 0.357. The summed E-state index contributed by atoms with van der Waals surface area (Å²) >= 11 is 0. The fourth-order valence-corrected chi connectivity index (χ4v) is 2.43. The highest BCUT2D eigenvalue weighted by Gasteiger charge is 2.19. The Labute approximate surface area is 106 Å². The fourth-order valence-electron chi connectivity index (χ4n) is 2.43. The zero-order chi connectivity index (χ0) is 12.4. The summed E-state index contributed by atoms with van der Waals surface area (Å²) in [6.45, 7) is 1.68. The Morgan fingerprint density at radius 2 is 2.28 bits per heavy atom. The van der Waals surface area contributed by atoms with Gasteiger partial charge in [0.05, 0.1) is 0 Å². The lowest BCUT2D eigenvalue weighted by Crippen LogP contribution is -2.35. The maximum Gasteiger partial charge on any atom is 0.220 e. The molecule has 4 heteroatoms.